The number of benzene rings is 2. The normalized spacial score (nSPS) is 14.5. The first-order valence-electron chi connectivity index (χ1n) is 10.2. The molecule has 0 fully saturated rings. The maximum Gasteiger partial charge on any atom is 0.305 e. The van der Waals surface area contributed by atoms with E-state index < -0.39 is 0 Å². The predicted octanol–water partition coefficient (Wildman–Crippen LogP) is 2.58. The van der Waals surface area contributed by atoms with Crippen LogP contribution in [0.2, 0.25) is 0 Å². The van der Waals surface area contributed by atoms with Gasteiger partial charge in [-0.1, -0.05) is 54.2 Å². The standard InChI is InChI=1S/C23H22N6O3S/c1-16-9-7-8-10-17(16)13-19-22(31)29(18-11-5-4-6-12-18)23(24-19)33-15-20(30)25-21-14-28(26-32-21)27(2)3/h4-14H,15H2,1-3H3/p+1/b19-13+. The van der Waals surface area contributed by atoms with E-state index in [0.717, 1.165) is 11.1 Å². The number of nitrogens with one attached hydrogen (secondary N) is 1. The Kier molecular flexibility index (Phi) is 6.55. The third kappa shape index (κ3) is 5.12. The highest BCUT2D eigenvalue weighted by Gasteiger charge is 2.32. The second-order valence-electron chi connectivity index (χ2n) is 7.43. The Balaban J connectivity index is 1.54. The van der Waals surface area contributed by atoms with Gasteiger partial charge in [-0.15, -0.1) is 0 Å². The van der Waals surface area contributed by atoms with Crippen LogP contribution in [0.3, 0.4) is 0 Å². The van der Waals surface area contributed by atoms with E-state index in [9.17, 15) is 9.59 Å². The van der Waals surface area contributed by atoms with Crippen LogP contribution in [0.5, 0.6) is 0 Å². The number of carbonyl (C=O) groups is 2. The minimum Gasteiger partial charge on any atom is -0.288 e. The maximum absolute atomic E-state index is 13.2. The number of nitrogens with zero attached hydrogens (tertiary/aromatic N) is 5. The van der Waals surface area contributed by atoms with E-state index in [1.165, 1.54) is 21.5 Å². The number of para-hydroxylation sites is 1. The number of carbonyl (C=O) groups excluding carboxylic acids is 2. The number of amidine groups is 1. The molecule has 2 heterocycles. The lowest BCUT2D eigenvalue weighted by Gasteiger charge is -2.17. The average Bonchev–Trinajstić information content (AvgIpc) is 3.39. The van der Waals surface area contributed by atoms with Gasteiger partial charge in [0.05, 0.1) is 30.3 Å². The summed E-state index contributed by atoms with van der Waals surface area (Å²) in [6.45, 7) is 1.98. The van der Waals surface area contributed by atoms with Crippen molar-refractivity contribution < 1.29 is 18.9 Å². The van der Waals surface area contributed by atoms with E-state index in [4.69, 9.17) is 4.52 Å². The molecule has 9 nitrogen and oxygen atoms in total. The summed E-state index contributed by atoms with van der Waals surface area (Å²) in [5.41, 5.74) is 2.96. The van der Waals surface area contributed by atoms with Gasteiger partial charge in [0.1, 0.15) is 5.70 Å². The van der Waals surface area contributed by atoms with Crippen LogP contribution in [-0.4, -0.2) is 42.1 Å². The molecular formula is C23H23N6O3S+. The molecule has 33 heavy (non-hydrogen) atoms. The van der Waals surface area contributed by atoms with Crippen LogP contribution in [0.25, 0.3) is 6.08 Å². The number of thioether (sulfide) groups is 1. The highest BCUT2D eigenvalue weighted by Crippen LogP contribution is 2.29. The maximum atomic E-state index is 13.2. The summed E-state index contributed by atoms with van der Waals surface area (Å²) in [6.07, 6.45) is 3.33. The monoisotopic (exact) mass is 463 g/mol. The minimum atomic E-state index is -0.304. The Morgan fingerprint density at radius 3 is 2.61 bits per heavy atom. The number of aryl methyl sites for hydroxylation is 1. The van der Waals surface area contributed by atoms with Crippen LogP contribution >= 0.6 is 11.8 Å². The van der Waals surface area contributed by atoms with E-state index in [2.05, 4.69) is 15.6 Å². The summed E-state index contributed by atoms with van der Waals surface area (Å²) < 4.78 is 5.10. The average molecular weight is 464 g/mol. The smallest absolute Gasteiger partial charge is 0.288 e. The van der Waals surface area contributed by atoms with Crippen LogP contribution in [-0.2, 0) is 9.59 Å². The van der Waals surface area contributed by atoms with Crippen molar-refractivity contribution in [3.63, 3.8) is 0 Å². The van der Waals surface area contributed by atoms with Crippen molar-refractivity contribution >= 4 is 46.4 Å². The molecule has 0 bridgehead atoms. The third-order valence-electron chi connectivity index (χ3n) is 4.79. The highest BCUT2D eigenvalue weighted by atomic mass is 32.2. The van der Waals surface area contributed by atoms with Crippen LogP contribution in [0.1, 0.15) is 11.1 Å². The van der Waals surface area contributed by atoms with Crippen LogP contribution in [0.4, 0.5) is 11.6 Å². The summed E-state index contributed by atoms with van der Waals surface area (Å²) >= 11 is 1.17. The van der Waals surface area contributed by atoms with Gasteiger partial charge in [-0.2, -0.15) is 5.01 Å². The van der Waals surface area contributed by atoms with Gasteiger partial charge in [-0.3, -0.25) is 24.3 Å². The minimum absolute atomic E-state index is 0.0375. The SMILES string of the molecule is Cc1ccccc1/C=C1/N=C(SCC(=O)Nc2c[n+](N(C)C)no2)N(c2ccccc2)C1=O. The van der Waals surface area contributed by atoms with Gasteiger partial charge in [0.2, 0.25) is 11.2 Å². The van der Waals surface area contributed by atoms with Crippen LogP contribution in [0.15, 0.2) is 76.0 Å². The molecule has 4 rings (SSSR count). The van der Waals surface area contributed by atoms with Crippen molar-refractivity contribution in [2.45, 2.75) is 6.92 Å². The lowest BCUT2D eigenvalue weighted by atomic mass is 10.1. The molecule has 0 saturated heterocycles. The van der Waals surface area contributed by atoms with E-state index in [1.807, 2.05) is 61.5 Å². The Labute approximate surface area is 195 Å². The van der Waals surface area contributed by atoms with Gasteiger partial charge in [0.25, 0.3) is 12.1 Å². The van der Waals surface area contributed by atoms with Gasteiger partial charge >= 0.3 is 5.88 Å². The van der Waals surface area contributed by atoms with Crippen molar-refractivity contribution in [2.75, 3.05) is 35.1 Å². The van der Waals surface area contributed by atoms with E-state index in [-0.39, 0.29) is 23.5 Å². The second kappa shape index (κ2) is 9.70. The topological polar surface area (TPSA) is 94.9 Å². The molecule has 0 aliphatic carbocycles. The molecule has 0 radical (unpaired) electrons. The van der Waals surface area contributed by atoms with E-state index in [1.54, 1.807) is 31.4 Å². The van der Waals surface area contributed by atoms with Gasteiger partial charge in [0, 0.05) is 0 Å². The van der Waals surface area contributed by atoms with Crippen molar-refractivity contribution in [2.24, 2.45) is 4.99 Å². The first kappa shape index (κ1) is 22.3. The molecule has 2 amide bonds. The fourth-order valence-electron chi connectivity index (χ4n) is 3.08. The summed E-state index contributed by atoms with van der Waals surface area (Å²) in [5, 5.41) is 8.56. The van der Waals surface area contributed by atoms with Crippen molar-refractivity contribution in [1.82, 2.24) is 5.27 Å². The predicted molar refractivity (Wildman–Crippen MR) is 128 cm³/mol. The van der Waals surface area contributed by atoms with Crippen molar-refractivity contribution in [1.29, 1.82) is 0 Å². The van der Waals surface area contributed by atoms with Gasteiger partial charge in [-0.05, 0) is 36.3 Å². The van der Waals surface area contributed by atoms with Gasteiger partial charge in [-0.25, -0.2) is 4.99 Å². The number of hydrogen-bond donors (Lipinski definition) is 1. The first-order chi connectivity index (χ1) is 15.9. The molecule has 2 aromatic carbocycles. The van der Waals surface area contributed by atoms with E-state index in [0.29, 0.717) is 16.6 Å². The summed E-state index contributed by atoms with van der Waals surface area (Å²) in [4.78, 5) is 33.2. The highest BCUT2D eigenvalue weighted by molar-refractivity contribution is 8.14. The molecular weight excluding hydrogens is 440 g/mol. The zero-order valence-corrected chi connectivity index (χ0v) is 19.2. The van der Waals surface area contributed by atoms with Crippen molar-refractivity contribution in [3.05, 3.63) is 77.6 Å². The fourth-order valence-corrected chi connectivity index (χ4v) is 3.89. The number of rotatable bonds is 6. The van der Waals surface area contributed by atoms with E-state index >= 15 is 0 Å². The lowest BCUT2D eigenvalue weighted by molar-refractivity contribution is -0.753. The zero-order chi connectivity index (χ0) is 23.4. The molecule has 1 aromatic heterocycles. The zero-order valence-electron chi connectivity index (χ0n) is 18.4. The van der Waals surface area contributed by atoms with Gasteiger partial charge in [0.15, 0.2) is 5.17 Å². The number of anilines is 2. The van der Waals surface area contributed by atoms with Crippen LogP contribution in [0, 0.1) is 6.92 Å². The fraction of sp³-hybridized carbons (Fsp3) is 0.174. The quantitative estimate of drug-likeness (QED) is 0.446. The molecule has 3 aromatic rings. The molecule has 10 heteroatoms. The largest absolute Gasteiger partial charge is 0.305 e. The Bertz CT molecular complexity index is 1240. The molecule has 1 N–H and O–H groups in total. The third-order valence-corrected chi connectivity index (χ3v) is 5.72. The van der Waals surface area contributed by atoms with Gasteiger partial charge < -0.3 is 0 Å². The molecule has 0 spiro atoms. The summed E-state index contributed by atoms with van der Waals surface area (Å²) in [7, 11) is 3.58. The number of amides is 2. The molecule has 1 aliphatic heterocycles. The Morgan fingerprint density at radius 1 is 1.18 bits per heavy atom. The van der Waals surface area contributed by atoms with Crippen LogP contribution < -0.4 is 20.0 Å². The molecule has 168 valence electrons. The van der Waals surface area contributed by atoms with Crippen molar-refractivity contribution in [3.8, 4) is 0 Å². The number of aliphatic imine (C=N–C) groups is 1. The molecule has 0 unspecified atom stereocenters. The summed E-state index contributed by atoms with van der Waals surface area (Å²) in [5.74, 6) is -0.287. The summed E-state index contributed by atoms with van der Waals surface area (Å²) in [6, 6.07) is 17.0. The molecule has 0 atom stereocenters. The number of aromatic nitrogens is 2. The Hall–Kier alpha value is -3.92. The number of hydrogen-bond acceptors (Lipinski definition) is 7. The lowest BCUT2D eigenvalue weighted by Crippen LogP contribution is -2.53. The molecule has 1 aliphatic rings. The molecule has 0 saturated carbocycles. The second-order valence-corrected chi connectivity index (χ2v) is 8.37. The first-order valence-corrected chi connectivity index (χ1v) is 11.2. The Morgan fingerprint density at radius 2 is 1.91 bits per heavy atom.